The molecule has 8 aromatic rings. The zero-order valence-corrected chi connectivity index (χ0v) is 22.6. The monoisotopic (exact) mass is 536 g/mol. The van der Waals surface area contributed by atoms with E-state index in [-0.39, 0.29) is 0 Å². The molecule has 3 heterocycles. The topological polar surface area (TPSA) is 34.0 Å². The van der Waals surface area contributed by atoms with Crippen LogP contribution in [0, 0.1) is 0 Å². The molecule has 0 spiro atoms. The Kier molecular flexibility index (Phi) is 4.87. The minimum Gasteiger partial charge on any atom is -0.309 e. The lowest BCUT2D eigenvalue weighted by molar-refractivity contribution is 1.11. The van der Waals surface area contributed by atoms with Crippen LogP contribution < -0.4 is 4.90 Å². The molecular weight excluding hydrogens is 512 g/mol. The van der Waals surface area contributed by atoms with Crippen molar-refractivity contribution in [3.63, 3.8) is 0 Å². The van der Waals surface area contributed by atoms with Crippen molar-refractivity contribution in [2.24, 2.45) is 0 Å². The zero-order valence-electron chi connectivity index (χ0n) is 22.6. The second-order valence-corrected chi connectivity index (χ2v) is 10.8. The summed E-state index contributed by atoms with van der Waals surface area (Å²) in [4.78, 5) is 11.6. The van der Waals surface area contributed by atoms with Gasteiger partial charge in [0.25, 0.3) is 0 Å². The SMILES string of the molecule is c1ccc(-c2cc3c4c(cccc4c2)N(c2cccc(-n4c5ccccc5c5ccccc54)c2)c2ncncc2-3)cc1. The number of rotatable bonds is 3. The van der Waals surface area contributed by atoms with Crippen LogP contribution in [0.1, 0.15) is 0 Å². The molecule has 4 heteroatoms. The number of benzene rings is 6. The molecule has 0 bridgehead atoms. The third-order valence-electron chi connectivity index (χ3n) is 8.42. The van der Waals surface area contributed by atoms with Gasteiger partial charge in [-0.15, -0.1) is 0 Å². The van der Waals surface area contributed by atoms with Crippen LogP contribution in [0.3, 0.4) is 0 Å². The Hall–Kier alpha value is -5.74. The minimum absolute atomic E-state index is 0.884. The maximum atomic E-state index is 4.87. The van der Waals surface area contributed by atoms with Gasteiger partial charge >= 0.3 is 0 Å². The van der Waals surface area contributed by atoms with Crippen molar-refractivity contribution in [3.8, 4) is 27.9 Å². The number of fused-ring (bicyclic) bond motifs is 5. The van der Waals surface area contributed by atoms with Gasteiger partial charge in [-0.1, -0.05) is 84.9 Å². The van der Waals surface area contributed by atoms with Gasteiger partial charge in [-0.2, -0.15) is 0 Å². The summed E-state index contributed by atoms with van der Waals surface area (Å²) in [6.45, 7) is 0. The molecule has 0 unspecified atom stereocenters. The van der Waals surface area contributed by atoms with E-state index in [0.29, 0.717) is 0 Å². The summed E-state index contributed by atoms with van der Waals surface area (Å²) in [5.74, 6) is 0.884. The molecule has 2 aromatic heterocycles. The molecule has 0 amide bonds. The highest BCUT2D eigenvalue weighted by atomic mass is 15.2. The van der Waals surface area contributed by atoms with E-state index in [2.05, 4.69) is 148 Å². The largest absolute Gasteiger partial charge is 0.309 e. The van der Waals surface area contributed by atoms with E-state index in [9.17, 15) is 0 Å². The van der Waals surface area contributed by atoms with Crippen molar-refractivity contribution in [1.82, 2.24) is 14.5 Å². The standard InChI is InChI=1S/C38H24N4/c1-2-10-25(11-3-1)27-20-26-12-8-19-36-37(26)32(21-27)33-23-39-24-40-38(33)42(36)29-14-9-13-28(22-29)41-34-17-6-4-15-30(34)31-16-5-7-18-35(31)41/h1-24H. The van der Waals surface area contributed by atoms with Crippen molar-refractivity contribution in [2.45, 2.75) is 0 Å². The van der Waals surface area contributed by atoms with Gasteiger partial charge < -0.3 is 4.57 Å². The number of nitrogens with zero attached hydrogens (tertiary/aromatic N) is 4. The Morgan fingerprint density at radius 2 is 1.24 bits per heavy atom. The summed E-state index contributed by atoms with van der Waals surface area (Å²) in [5.41, 5.74) is 10.2. The Labute approximate surface area is 242 Å². The number of hydrogen-bond acceptors (Lipinski definition) is 3. The second kappa shape index (κ2) is 8.88. The van der Waals surface area contributed by atoms with Crippen LogP contribution in [0.2, 0.25) is 0 Å². The maximum absolute atomic E-state index is 4.87. The molecule has 1 aliphatic heterocycles. The average Bonchev–Trinajstić information content (AvgIpc) is 3.40. The van der Waals surface area contributed by atoms with Crippen LogP contribution in [0.15, 0.2) is 146 Å². The quantitative estimate of drug-likeness (QED) is 0.225. The Morgan fingerprint density at radius 1 is 0.524 bits per heavy atom. The molecule has 196 valence electrons. The first-order chi connectivity index (χ1) is 20.8. The second-order valence-electron chi connectivity index (χ2n) is 10.8. The van der Waals surface area contributed by atoms with Gasteiger partial charge in [0.15, 0.2) is 0 Å². The lowest BCUT2D eigenvalue weighted by Crippen LogP contribution is -2.17. The highest BCUT2D eigenvalue weighted by molar-refractivity contribution is 6.14. The van der Waals surface area contributed by atoms with Crippen LogP contribution in [-0.2, 0) is 0 Å². The Morgan fingerprint density at radius 3 is 2.05 bits per heavy atom. The van der Waals surface area contributed by atoms with E-state index in [1.165, 1.54) is 43.7 Å². The van der Waals surface area contributed by atoms with Gasteiger partial charge in [-0.3, -0.25) is 4.90 Å². The van der Waals surface area contributed by atoms with Gasteiger partial charge in [-0.05, 0) is 70.6 Å². The summed E-state index contributed by atoms with van der Waals surface area (Å²) in [6, 6.07) is 47.7. The van der Waals surface area contributed by atoms with E-state index >= 15 is 0 Å². The van der Waals surface area contributed by atoms with Gasteiger partial charge in [0.05, 0.1) is 16.7 Å². The first-order valence-electron chi connectivity index (χ1n) is 14.2. The third-order valence-corrected chi connectivity index (χ3v) is 8.42. The van der Waals surface area contributed by atoms with E-state index < -0.39 is 0 Å². The first kappa shape index (κ1) is 23.0. The molecule has 0 aliphatic carbocycles. The predicted octanol–water partition coefficient (Wildman–Crippen LogP) is 9.84. The highest BCUT2D eigenvalue weighted by Crippen LogP contribution is 2.51. The maximum Gasteiger partial charge on any atom is 0.148 e. The fraction of sp³-hybridized carbons (Fsp3) is 0. The van der Waals surface area contributed by atoms with Gasteiger partial charge in [0.1, 0.15) is 12.1 Å². The highest BCUT2D eigenvalue weighted by Gasteiger charge is 2.28. The minimum atomic E-state index is 0.884. The smallest absolute Gasteiger partial charge is 0.148 e. The van der Waals surface area contributed by atoms with E-state index in [4.69, 9.17) is 4.98 Å². The number of aromatic nitrogens is 3. The summed E-state index contributed by atoms with van der Waals surface area (Å²) in [6.07, 6.45) is 3.60. The van der Waals surface area contributed by atoms with E-state index in [1.54, 1.807) is 6.33 Å². The first-order valence-corrected chi connectivity index (χ1v) is 14.2. The molecule has 42 heavy (non-hydrogen) atoms. The van der Waals surface area contributed by atoms with Gasteiger partial charge in [0.2, 0.25) is 0 Å². The van der Waals surface area contributed by atoms with Crippen LogP contribution in [0.25, 0.3) is 60.5 Å². The average molecular weight is 537 g/mol. The lowest BCUT2D eigenvalue weighted by Gasteiger charge is -2.32. The fourth-order valence-corrected chi connectivity index (χ4v) is 6.64. The van der Waals surface area contributed by atoms with Crippen LogP contribution in [0.5, 0.6) is 0 Å². The van der Waals surface area contributed by atoms with Gasteiger partial charge in [0, 0.05) is 39.3 Å². The Balaban J connectivity index is 1.29. The Bertz CT molecular complexity index is 2260. The van der Waals surface area contributed by atoms with Crippen LogP contribution >= 0.6 is 0 Å². The predicted molar refractivity (Wildman–Crippen MR) is 173 cm³/mol. The molecule has 0 atom stereocenters. The molecule has 6 aromatic carbocycles. The van der Waals surface area contributed by atoms with Crippen molar-refractivity contribution in [2.75, 3.05) is 4.90 Å². The van der Waals surface area contributed by atoms with Crippen molar-refractivity contribution in [1.29, 1.82) is 0 Å². The summed E-state index contributed by atoms with van der Waals surface area (Å²) in [5, 5.41) is 4.91. The molecule has 0 radical (unpaired) electrons. The number of hydrogen-bond donors (Lipinski definition) is 0. The van der Waals surface area contributed by atoms with E-state index in [0.717, 1.165) is 34.0 Å². The molecule has 9 rings (SSSR count). The summed E-state index contributed by atoms with van der Waals surface area (Å²) < 4.78 is 2.36. The molecule has 0 saturated carbocycles. The third kappa shape index (κ3) is 3.29. The summed E-state index contributed by atoms with van der Waals surface area (Å²) >= 11 is 0. The summed E-state index contributed by atoms with van der Waals surface area (Å²) in [7, 11) is 0. The van der Waals surface area contributed by atoms with Crippen molar-refractivity contribution >= 4 is 49.8 Å². The van der Waals surface area contributed by atoms with E-state index in [1.807, 2.05) is 6.20 Å². The number of anilines is 3. The molecule has 1 aliphatic rings. The van der Waals surface area contributed by atoms with Crippen molar-refractivity contribution in [3.05, 3.63) is 146 Å². The molecular formula is C38H24N4. The number of para-hydroxylation sites is 2. The molecule has 0 fully saturated rings. The fourth-order valence-electron chi connectivity index (χ4n) is 6.64. The molecule has 4 nitrogen and oxygen atoms in total. The van der Waals surface area contributed by atoms with Gasteiger partial charge in [-0.25, -0.2) is 9.97 Å². The molecule has 0 N–H and O–H groups in total. The van der Waals surface area contributed by atoms with Crippen molar-refractivity contribution < 1.29 is 0 Å². The lowest BCUT2D eigenvalue weighted by atomic mass is 9.90. The zero-order chi connectivity index (χ0) is 27.6. The van der Waals surface area contributed by atoms with Crippen LogP contribution in [-0.4, -0.2) is 14.5 Å². The normalized spacial score (nSPS) is 12.2. The van der Waals surface area contributed by atoms with Crippen LogP contribution in [0.4, 0.5) is 17.2 Å². The molecule has 0 saturated heterocycles.